The standard InChI is InChI=1S/C4H5NO6S.Na/c6-3-1-2-4(7)5(3,8)12(9,10)11;/h8H,1-2H2;/q;+1/p+1. The zero-order valence-corrected chi connectivity index (χ0v) is 9.61. The molecule has 1 heterocycles. The van der Waals surface area contributed by atoms with Crippen LogP contribution < -0.4 is 29.6 Å². The van der Waals surface area contributed by atoms with E-state index in [4.69, 9.17) is 9.76 Å². The van der Waals surface area contributed by atoms with Crippen LogP contribution >= 0.6 is 0 Å². The molecule has 0 saturated carbocycles. The van der Waals surface area contributed by atoms with E-state index < -0.39 is 26.2 Å². The maximum atomic E-state index is 10.7. The summed E-state index contributed by atoms with van der Waals surface area (Å²) in [6, 6.07) is 0. The van der Waals surface area contributed by atoms with Gasteiger partial charge in [0.15, 0.2) is 0 Å². The van der Waals surface area contributed by atoms with Crippen LogP contribution in [0.5, 0.6) is 0 Å². The van der Waals surface area contributed by atoms with Crippen LogP contribution in [0.25, 0.3) is 0 Å². The van der Waals surface area contributed by atoms with Gasteiger partial charge >= 0.3 is 51.7 Å². The van der Waals surface area contributed by atoms with Crippen LogP contribution in [0.1, 0.15) is 12.8 Å². The van der Waals surface area contributed by atoms with Gasteiger partial charge in [-0.2, -0.15) is 5.21 Å². The number of carbonyl (C=O) groups excluding carboxylic acids is 2. The topological polar surface area (TPSA) is 109 Å². The molecular weight excluding hydrogens is 213 g/mol. The zero-order chi connectivity index (χ0) is 9.57. The van der Waals surface area contributed by atoms with Gasteiger partial charge in [-0.05, 0) is 0 Å². The minimum atomic E-state index is -5.11. The molecule has 0 aromatic heterocycles. The molecule has 0 spiro atoms. The van der Waals surface area contributed by atoms with Crippen molar-refractivity contribution in [2.24, 2.45) is 0 Å². The average molecular weight is 219 g/mol. The molecule has 0 unspecified atom stereocenters. The third-order valence-corrected chi connectivity index (χ3v) is 2.64. The number of hydrogen-bond donors (Lipinski definition) is 2. The molecule has 0 atom stereocenters. The van der Waals surface area contributed by atoms with Crippen molar-refractivity contribution < 1.29 is 61.4 Å². The maximum absolute atomic E-state index is 10.7. The quantitative estimate of drug-likeness (QED) is 0.152. The van der Waals surface area contributed by atoms with Crippen LogP contribution in [0.15, 0.2) is 0 Å². The van der Waals surface area contributed by atoms with E-state index in [2.05, 4.69) is 0 Å². The molecule has 7 nitrogen and oxygen atoms in total. The van der Waals surface area contributed by atoms with Gasteiger partial charge in [0.1, 0.15) is 0 Å². The molecule has 2 amide bonds. The first kappa shape index (κ1) is 13.2. The van der Waals surface area contributed by atoms with Gasteiger partial charge in [0, 0.05) is 0 Å². The van der Waals surface area contributed by atoms with Gasteiger partial charge in [-0.15, -0.1) is 8.42 Å². The van der Waals surface area contributed by atoms with Gasteiger partial charge in [-0.1, -0.05) is 0 Å². The van der Waals surface area contributed by atoms with Crippen LogP contribution in [0.3, 0.4) is 0 Å². The molecule has 9 heteroatoms. The Morgan fingerprint density at radius 2 is 1.46 bits per heavy atom. The molecule has 1 fully saturated rings. The Kier molecular flexibility index (Phi) is 3.78. The molecular formula is C4H6NNaO6S+2. The van der Waals surface area contributed by atoms with E-state index in [1.165, 1.54) is 0 Å². The molecule has 0 aliphatic carbocycles. The third-order valence-electron chi connectivity index (χ3n) is 1.56. The Morgan fingerprint density at radius 1 is 1.15 bits per heavy atom. The number of quaternary nitrogens is 1. The number of hydrogen-bond acceptors (Lipinski definition) is 5. The Balaban J connectivity index is 0.00000144. The van der Waals surface area contributed by atoms with Crippen molar-refractivity contribution in [2.75, 3.05) is 0 Å². The second kappa shape index (κ2) is 3.73. The minimum absolute atomic E-state index is 0. The fourth-order valence-corrected chi connectivity index (χ4v) is 1.61. The number of nitrogens with zero attached hydrogens (tertiary/aromatic N) is 1. The largest absolute Gasteiger partial charge is 1.00 e. The van der Waals surface area contributed by atoms with Gasteiger partial charge < -0.3 is 0 Å². The van der Waals surface area contributed by atoms with Crippen LogP contribution in [-0.2, 0) is 19.9 Å². The van der Waals surface area contributed by atoms with Crippen molar-refractivity contribution in [3.8, 4) is 0 Å². The first-order valence-electron chi connectivity index (χ1n) is 2.96. The Hall–Kier alpha value is 0.170. The molecule has 0 aromatic carbocycles. The van der Waals surface area contributed by atoms with Crippen molar-refractivity contribution in [3.63, 3.8) is 0 Å². The monoisotopic (exact) mass is 219 g/mol. The van der Waals surface area contributed by atoms with Crippen molar-refractivity contribution in [2.45, 2.75) is 12.8 Å². The SMILES string of the molecule is O=C1CCC(=O)[N+]1(O)S(=O)(=O)O.[Na+]. The number of hydroxylamine groups is 2. The van der Waals surface area contributed by atoms with Crippen LogP contribution in [0, 0.1) is 0 Å². The van der Waals surface area contributed by atoms with Crippen molar-refractivity contribution >= 4 is 22.1 Å². The molecule has 1 aliphatic rings. The van der Waals surface area contributed by atoms with Gasteiger partial charge in [0.2, 0.25) is 0 Å². The van der Waals surface area contributed by atoms with Crippen LogP contribution in [0.2, 0.25) is 0 Å². The number of rotatable bonds is 1. The smallest absolute Gasteiger partial charge is 0.238 e. The van der Waals surface area contributed by atoms with Gasteiger partial charge in [0.05, 0.1) is 16.9 Å². The van der Waals surface area contributed by atoms with E-state index in [0.29, 0.717) is 0 Å². The number of amides is 2. The zero-order valence-electron chi connectivity index (χ0n) is 6.80. The van der Waals surface area contributed by atoms with E-state index in [1.807, 2.05) is 0 Å². The Bertz CT molecular complexity index is 332. The summed E-state index contributed by atoms with van der Waals surface area (Å²) in [4.78, 5) is 21.4. The van der Waals surface area contributed by atoms with E-state index in [0.717, 1.165) is 0 Å². The molecule has 2 N–H and O–H groups in total. The summed E-state index contributed by atoms with van der Waals surface area (Å²) in [5.41, 5.74) is 0. The van der Waals surface area contributed by atoms with Gasteiger partial charge in [-0.25, -0.2) is 14.1 Å². The molecule has 1 saturated heterocycles. The van der Waals surface area contributed by atoms with Crippen LogP contribution in [0.4, 0.5) is 0 Å². The first-order valence-corrected chi connectivity index (χ1v) is 4.36. The fourth-order valence-electron chi connectivity index (χ4n) is 0.913. The van der Waals surface area contributed by atoms with Crippen molar-refractivity contribution in [1.82, 2.24) is 0 Å². The average Bonchev–Trinajstić information content (AvgIpc) is 2.16. The second-order valence-corrected chi connectivity index (χ2v) is 3.74. The summed E-state index contributed by atoms with van der Waals surface area (Å²) in [5.74, 6) is -2.47. The predicted molar refractivity (Wildman–Crippen MR) is 32.8 cm³/mol. The van der Waals surface area contributed by atoms with E-state index in [9.17, 15) is 18.0 Å². The summed E-state index contributed by atoms with van der Waals surface area (Å²) < 4.78 is 26.7. The summed E-state index contributed by atoms with van der Waals surface area (Å²) in [6.45, 7) is 0. The first-order chi connectivity index (χ1) is 5.30. The Labute approximate surface area is 96.0 Å². The molecule has 1 aliphatic heterocycles. The molecule has 68 valence electrons. The van der Waals surface area contributed by atoms with E-state index in [-0.39, 0.29) is 42.4 Å². The number of carbonyl (C=O) groups is 2. The van der Waals surface area contributed by atoms with E-state index in [1.54, 1.807) is 0 Å². The molecule has 0 bridgehead atoms. The molecule has 1 rings (SSSR count). The maximum Gasteiger partial charge on any atom is 1.00 e. The summed E-state index contributed by atoms with van der Waals surface area (Å²) in [6.07, 6.45) is -0.760. The molecule has 0 aromatic rings. The predicted octanol–water partition coefficient (Wildman–Crippen LogP) is -4.15. The Morgan fingerprint density at radius 3 is 1.62 bits per heavy atom. The molecule has 0 radical (unpaired) electrons. The number of imide groups is 1. The summed E-state index contributed by atoms with van der Waals surface area (Å²) in [7, 11) is -5.11. The fraction of sp³-hybridized carbons (Fsp3) is 0.500. The van der Waals surface area contributed by atoms with Crippen molar-refractivity contribution in [3.05, 3.63) is 0 Å². The van der Waals surface area contributed by atoms with Gasteiger partial charge in [0.25, 0.3) is 0 Å². The minimum Gasteiger partial charge on any atom is -0.238 e. The van der Waals surface area contributed by atoms with Gasteiger partial charge in [-0.3, -0.25) is 0 Å². The normalized spacial score (nSPS) is 21.4. The summed E-state index contributed by atoms with van der Waals surface area (Å²) >= 11 is 0. The third kappa shape index (κ3) is 1.84. The second-order valence-electron chi connectivity index (χ2n) is 2.31. The molecule has 13 heavy (non-hydrogen) atoms. The van der Waals surface area contributed by atoms with Crippen molar-refractivity contribution in [1.29, 1.82) is 0 Å². The summed E-state index contributed by atoms with van der Waals surface area (Å²) in [5, 5.41) is 8.97. The van der Waals surface area contributed by atoms with E-state index >= 15 is 0 Å². The van der Waals surface area contributed by atoms with Crippen LogP contribution in [-0.4, -0.2) is 34.0 Å².